The fourth-order valence-electron chi connectivity index (χ4n) is 2.45. The van der Waals surface area contributed by atoms with Crippen LogP contribution in [0.4, 0.5) is 5.69 Å². The molecule has 1 aromatic heterocycles. The number of non-ortho nitro benzene ring substituents is 1. The zero-order valence-corrected chi connectivity index (χ0v) is 13.3. The first-order valence-electron chi connectivity index (χ1n) is 7.32. The maximum atomic E-state index is 10.8. The summed E-state index contributed by atoms with van der Waals surface area (Å²) in [7, 11) is 0. The normalized spacial score (nSPS) is 13.5. The Morgan fingerprint density at radius 1 is 1.08 bits per heavy atom. The number of fused-ring (bicyclic) bond motifs is 2. The van der Waals surface area contributed by atoms with Crippen LogP contribution >= 0.6 is 11.3 Å². The van der Waals surface area contributed by atoms with Gasteiger partial charge in [0.1, 0.15) is 18.2 Å². The topological polar surface area (TPSA) is 74.5 Å². The highest BCUT2D eigenvalue weighted by Gasteiger charge is 2.11. The second-order valence-corrected chi connectivity index (χ2v) is 6.26. The monoisotopic (exact) mass is 340 g/mol. The summed E-state index contributed by atoms with van der Waals surface area (Å²) in [5.74, 6) is 1.49. The van der Waals surface area contributed by atoms with Crippen molar-refractivity contribution in [1.29, 1.82) is 0 Å². The second kappa shape index (κ2) is 5.93. The molecule has 0 amide bonds. The first-order chi connectivity index (χ1) is 11.7. The van der Waals surface area contributed by atoms with Crippen molar-refractivity contribution < 1.29 is 14.4 Å². The highest BCUT2D eigenvalue weighted by Crippen LogP contribution is 2.32. The lowest BCUT2D eigenvalue weighted by Gasteiger charge is -2.18. The lowest BCUT2D eigenvalue weighted by Crippen LogP contribution is -2.15. The van der Waals surface area contributed by atoms with Crippen molar-refractivity contribution in [1.82, 2.24) is 4.98 Å². The van der Waals surface area contributed by atoms with E-state index in [2.05, 4.69) is 4.98 Å². The number of nitro groups is 1. The van der Waals surface area contributed by atoms with Crippen LogP contribution in [0.5, 0.6) is 11.5 Å². The largest absolute Gasteiger partial charge is 0.486 e. The van der Waals surface area contributed by atoms with Gasteiger partial charge in [0, 0.05) is 12.1 Å². The van der Waals surface area contributed by atoms with Crippen molar-refractivity contribution in [2.75, 3.05) is 13.2 Å². The number of rotatable bonds is 3. The fourth-order valence-corrected chi connectivity index (χ4v) is 3.35. The van der Waals surface area contributed by atoms with Gasteiger partial charge in [0.15, 0.2) is 11.5 Å². The van der Waals surface area contributed by atoms with Gasteiger partial charge in [-0.1, -0.05) is 12.1 Å². The van der Waals surface area contributed by atoms with Gasteiger partial charge in [-0.3, -0.25) is 10.1 Å². The highest BCUT2D eigenvalue weighted by atomic mass is 32.1. The molecule has 3 aromatic rings. The molecule has 24 heavy (non-hydrogen) atoms. The van der Waals surface area contributed by atoms with Crippen LogP contribution in [0, 0.1) is 10.1 Å². The van der Waals surface area contributed by atoms with Gasteiger partial charge >= 0.3 is 0 Å². The average molecular weight is 340 g/mol. The molecule has 1 aliphatic heterocycles. The second-order valence-electron chi connectivity index (χ2n) is 5.20. The summed E-state index contributed by atoms with van der Waals surface area (Å²) in [6.07, 6.45) is 3.83. The Labute approximate surface area is 141 Å². The number of aromatic nitrogens is 1. The van der Waals surface area contributed by atoms with Crippen LogP contribution in [-0.4, -0.2) is 23.1 Å². The number of benzene rings is 2. The number of hydrogen-bond donors (Lipinski definition) is 0. The minimum absolute atomic E-state index is 0.0773. The molecule has 0 spiro atoms. The van der Waals surface area contributed by atoms with E-state index in [1.807, 2.05) is 30.4 Å². The van der Waals surface area contributed by atoms with E-state index in [1.165, 1.54) is 17.4 Å². The van der Waals surface area contributed by atoms with Crippen molar-refractivity contribution in [3.05, 3.63) is 57.1 Å². The zero-order chi connectivity index (χ0) is 16.5. The minimum atomic E-state index is -0.399. The van der Waals surface area contributed by atoms with Gasteiger partial charge in [-0.2, -0.15) is 0 Å². The minimum Gasteiger partial charge on any atom is -0.486 e. The maximum absolute atomic E-state index is 10.8. The number of hydrogen-bond acceptors (Lipinski definition) is 6. The Bertz CT molecular complexity index is 964. The number of nitrogens with zero attached hydrogens (tertiary/aromatic N) is 2. The summed E-state index contributed by atoms with van der Waals surface area (Å²) in [6, 6.07) is 10.4. The SMILES string of the molecule is O=[N+]([O-])c1ccc2nc(C=Cc3ccc4c(c3)OCCO4)sc2c1. The molecule has 120 valence electrons. The van der Waals surface area contributed by atoms with Gasteiger partial charge in [0.05, 0.1) is 15.1 Å². The van der Waals surface area contributed by atoms with E-state index in [-0.39, 0.29) is 5.69 Å². The van der Waals surface area contributed by atoms with Crippen LogP contribution in [0.1, 0.15) is 10.6 Å². The van der Waals surface area contributed by atoms with Crippen molar-refractivity contribution >= 4 is 39.4 Å². The Morgan fingerprint density at radius 3 is 2.75 bits per heavy atom. The molecule has 1 aliphatic rings. The molecule has 4 rings (SSSR count). The van der Waals surface area contributed by atoms with Crippen molar-refractivity contribution in [3.8, 4) is 11.5 Å². The lowest BCUT2D eigenvalue weighted by molar-refractivity contribution is -0.384. The third-order valence-corrected chi connectivity index (χ3v) is 4.57. The van der Waals surface area contributed by atoms with Crippen LogP contribution in [0.2, 0.25) is 0 Å². The van der Waals surface area contributed by atoms with Crippen LogP contribution in [-0.2, 0) is 0 Å². The standard InChI is InChI=1S/C17H12N2O4S/c20-19(21)12-3-4-13-16(10-12)24-17(18-13)6-2-11-1-5-14-15(9-11)23-8-7-22-14/h1-6,9-10H,7-8H2. The number of nitro benzene ring substituents is 1. The van der Waals surface area contributed by atoms with Crippen molar-refractivity contribution in [2.24, 2.45) is 0 Å². The number of thiazole rings is 1. The Morgan fingerprint density at radius 2 is 1.92 bits per heavy atom. The van der Waals surface area contributed by atoms with Crippen LogP contribution in [0.15, 0.2) is 36.4 Å². The summed E-state index contributed by atoms with van der Waals surface area (Å²) in [5.41, 5.74) is 1.81. The zero-order valence-electron chi connectivity index (χ0n) is 12.5. The average Bonchev–Trinajstić information content (AvgIpc) is 3.01. The maximum Gasteiger partial charge on any atom is 0.270 e. The van der Waals surface area contributed by atoms with E-state index in [0.717, 1.165) is 32.3 Å². The van der Waals surface area contributed by atoms with E-state index < -0.39 is 4.92 Å². The van der Waals surface area contributed by atoms with Gasteiger partial charge in [-0.05, 0) is 29.8 Å². The first-order valence-corrected chi connectivity index (χ1v) is 8.13. The number of ether oxygens (including phenoxy) is 2. The predicted octanol–water partition coefficient (Wildman–Crippen LogP) is 4.15. The molecular weight excluding hydrogens is 328 g/mol. The molecule has 0 radical (unpaired) electrons. The summed E-state index contributed by atoms with van der Waals surface area (Å²) in [4.78, 5) is 14.9. The molecule has 2 heterocycles. The lowest BCUT2D eigenvalue weighted by atomic mass is 10.2. The molecule has 6 nitrogen and oxygen atoms in total. The third kappa shape index (κ3) is 2.81. The predicted molar refractivity (Wildman–Crippen MR) is 92.6 cm³/mol. The molecule has 7 heteroatoms. The molecule has 0 fully saturated rings. The van der Waals surface area contributed by atoms with E-state index in [9.17, 15) is 10.1 Å². The molecule has 0 aliphatic carbocycles. The molecule has 2 aromatic carbocycles. The molecular formula is C17H12N2O4S. The molecule has 0 saturated heterocycles. The Hall–Kier alpha value is -2.93. The smallest absolute Gasteiger partial charge is 0.270 e. The Balaban J connectivity index is 1.61. The van der Waals surface area contributed by atoms with Crippen LogP contribution < -0.4 is 9.47 Å². The quantitative estimate of drug-likeness (QED) is 0.529. The summed E-state index contributed by atoms with van der Waals surface area (Å²) < 4.78 is 11.9. The van der Waals surface area contributed by atoms with E-state index >= 15 is 0 Å². The first kappa shape index (κ1) is 14.6. The van der Waals surface area contributed by atoms with Gasteiger partial charge < -0.3 is 9.47 Å². The van der Waals surface area contributed by atoms with Crippen LogP contribution in [0.3, 0.4) is 0 Å². The van der Waals surface area contributed by atoms with E-state index in [1.54, 1.807) is 12.1 Å². The van der Waals surface area contributed by atoms with Gasteiger partial charge in [0.2, 0.25) is 0 Å². The highest BCUT2D eigenvalue weighted by molar-refractivity contribution is 7.19. The molecule has 0 bridgehead atoms. The molecule has 0 atom stereocenters. The fraction of sp³-hybridized carbons (Fsp3) is 0.118. The summed E-state index contributed by atoms with van der Waals surface area (Å²) in [5, 5.41) is 11.6. The van der Waals surface area contributed by atoms with Gasteiger partial charge in [0.25, 0.3) is 5.69 Å². The summed E-state index contributed by atoms with van der Waals surface area (Å²) >= 11 is 1.42. The van der Waals surface area contributed by atoms with E-state index in [0.29, 0.717) is 13.2 Å². The van der Waals surface area contributed by atoms with E-state index in [4.69, 9.17) is 9.47 Å². The third-order valence-electron chi connectivity index (χ3n) is 3.58. The van der Waals surface area contributed by atoms with Crippen molar-refractivity contribution in [3.63, 3.8) is 0 Å². The molecule has 0 unspecified atom stereocenters. The van der Waals surface area contributed by atoms with Crippen LogP contribution in [0.25, 0.3) is 22.4 Å². The van der Waals surface area contributed by atoms with Gasteiger partial charge in [-0.15, -0.1) is 11.3 Å². The van der Waals surface area contributed by atoms with Gasteiger partial charge in [-0.25, -0.2) is 4.98 Å². The summed E-state index contributed by atoms with van der Waals surface area (Å²) in [6.45, 7) is 1.12. The Kier molecular flexibility index (Phi) is 3.62. The molecule has 0 N–H and O–H groups in total. The van der Waals surface area contributed by atoms with Crippen molar-refractivity contribution in [2.45, 2.75) is 0 Å². The molecule has 0 saturated carbocycles.